The molecule has 9 nitrogen and oxygen atoms in total. The number of anilines is 1. The van der Waals surface area contributed by atoms with Gasteiger partial charge in [0.1, 0.15) is 25.1 Å². The van der Waals surface area contributed by atoms with E-state index in [4.69, 9.17) is 14.2 Å². The third-order valence-electron chi connectivity index (χ3n) is 7.40. The maximum absolute atomic E-state index is 13.3. The van der Waals surface area contributed by atoms with Crippen molar-refractivity contribution in [3.05, 3.63) is 59.2 Å². The van der Waals surface area contributed by atoms with Crippen molar-refractivity contribution in [1.82, 2.24) is 10.2 Å². The van der Waals surface area contributed by atoms with Gasteiger partial charge in [0.05, 0.1) is 24.1 Å². The maximum Gasteiger partial charge on any atom is 0.257 e. The molecule has 0 saturated carbocycles. The Labute approximate surface area is 216 Å². The third kappa shape index (κ3) is 5.62. The minimum atomic E-state index is -0.342. The van der Waals surface area contributed by atoms with Crippen molar-refractivity contribution in [3.63, 3.8) is 0 Å². The van der Waals surface area contributed by atoms with E-state index in [1.165, 1.54) is 18.2 Å². The van der Waals surface area contributed by atoms with E-state index in [0.717, 1.165) is 12.8 Å². The second-order valence-corrected chi connectivity index (χ2v) is 10.0. The number of ether oxygens (including phenoxy) is 3. The second-order valence-electron chi connectivity index (χ2n) is 10.0. The summed E-state index contributed by atoms with van der Waals surface area (Å²) in [6.07, 6.45) is 2.82. The van der Waals surface area contributed by atoms with Crippen molar-refractivity contribution in [2.75, 3.05) is 32.7 Å². The number of nitrogens with one attached hydrogen (secondary N) is 2. The summed E-state index contributed by atoms with van der Waals surface area (Å²) < 4.78 is 17.2. The van der Waals surface area contributed by atoms with Crippen molar-refractivity contribution in [3.8, 4) is 5.75 Å². The van der Waals surface area contributed by atoms with Crippen LogP contribution in [0.5, 0.6) is 5.75 Å². The standard InChI is InChI=1S/C28H33N3O6/c1-31-23-9-8-21(14-26(32)30-20-11-17-5-3-4-6-18(17)12-20)37-25(23)15-36-24-10-7-19(13-22(24)28(31)34)29-27(33)16-35-2/h3-7,10,13,20-21,23,25H,8-9,11-12,14-16H2,1-2H3,(H,29,33)(H,30,32)/t21-,23-,25-/m0/s1. The highest BCUT2D eigenvalue weighted by Crippen LogP contribution is 2.32. The monoisotopic (exact) mass is 507 g/mol. The molecule has 1 aliphatic carbocycles. The summed E-state index contributed by atoms with van der Waals surface area (Å²) in [5, 5.41) is 5.89. The number of carbonyl (C=O) groups excluding carboxylic acids is 3. The minimum absolute atomic E-state index is 0.00848. The van der Waals surface area contributed by atoms with Crippen molar-refractivity contribution in [2.45, 2.75) is 56.4 Å². The molecule has 2 N–H and O–H groups in total. The molecule has 0 aromatic heterocycles. The topological polar surface area (TPSA) is 106 Å². The van der Waals surface area contributed by atoms with Crippen LogP contribution in [0.25, 0.3) is 0 Å². The number of rotatable bonds is 6. The van der Waals surface area contributed by atoms with Crippen LogP contribution in [0.1, 0.15) is 40.7 Å². The summed E-state index contributed by atoms with van der Waals surface area (Å²) in [5.74, 6) is -0.0772. The quantitative estimate of drug-likeness (QED) is 0.622. The molecule has 0 radical (unpaired) electrons. The van der Waals surface area contributed by atoms with Gasteiger partial charge in [-0.3, -0.25) is 14.4 Å². The molecule has 3 amide bonds. The molecule has 2 aromatic rings. The highest BCUT2D eigenvalue weighted by Gasteiger charge is 2.39. The zero-order valence-corrected chi connectivity index (χ0v) is 21.2. The van der Waals surface area contributed by atoms with Crippen LogP contribution in [-0.4, -0.2) is 74.3 Å². The number of hydrogen-bond donors (Lipinski definition) is 2. The molecule has 3 aliphatic rings. The molecule has 0 spiro atoms. The Bertz CT molecular complexity index is 1160. The number of amides is 3. The van der Waals surface area contributed by atoms with E-state index < -0.39 is 0 Å². The van der Waals surface area contributed by atoms with E-state index in [-0.39, 0.29) is 61.6 Å². The first-order valence-electron chi connectivity index (χ1n) is 12.8. The average Bonchev–Trinajstić information content (AvgIpc) is 3.28. The first-order chi connectivity index (χ1) is 17.9. The smallest absolute Gasteiger partial charge is 0.257 e. The summed E-state index contributed by atoms with van der Waals surface area (Å²) in [6, 6.07) is 13.3. The molecule has 1 saturated heterocycles. The van der Waals surface area contributed by atoms with Gasteiger partial charge >= 0.3 is 0 Å². The third-order valence-corrected chi connectivity index (χ3v) is 7.40. The highest BCUT2D eigenvalue weighted by molar-refractivity contribution is 6.00. The second kappa shape index (κ2) is 10.9. The normalized spacial score (nSPS) is 23.1. The summed E-state index contributed by atoms with van der Waals surface area (Å²) in [7, 11) is 3.21. The average molecular weight is 508 g/mol. The van der Waals surface area contributed by atoms with Gasteiger partial charge in [-0.25, -0.2) is 0 Å². The zero-order valence-electron chi connectivity index (χ0n) is 21.2. The molecular formula is C28H33N3O6. The number of carbonyl (C=O) groups is 3. The predicted molar refractivity (Wildman–Crippen MR) is 137 cm³/mol. The van der Waals surface area contributed by atoms with E-state index in [2.05, 4.69) is 22.8 Å². The van der Waals surface area contributed by atoms with Crippen LogP contribution in [0.2, 0.25) is 0 Å². The largest absolute Gasteiger partial charge is 0.490 e. The molecule has 5 rings (SSSR count). The summed E-state index contributed by atoms with van der Waals surface area (Å²) >= 11 is 0. The van der Waals surface area contributed by atoms with Gasteiger partial charge in [-0.15, -0.1) is 0 Å². The Morgan fingerprint density at radius 2 is 1.84 bits per heavy atom. The molecule has 2 aliphatic heterocycles. The fraction of sp³-hybridized carbons (Fsp3) is 0.464. The van der Waals surface area contributed by atoms with Gasteiger partial charge in [0, 0.05) is 25.9 Å². The van der Waals surface area contributed by atoms with Gasteiger partial charge in [-0.1, -0.05) is 24.3 Å². The Balaban J connectivity index is 1.20. The molecule has 1 fully saturated rings. The Morgan fingerprint density at radius 1 is 1.08 bits per heavy atom. The molecular weight excluding hydrogens is 474 g/mol. The molecule has 2 aromatic carbocycles. The van der Waals surface area contributed by atoms with Crippen LogP contribution in [0.15, 0.2) is 42.5 Å². The van der Waals surface area contributed by atoms with Crippen molar-refractivity contribution in [2.24, 2.45) is 0 Å². The zero-order chi connectivity index (χ0) is 25.9. The van der Waals surface area contributed by atoms with Gasteiger partial charge in [-0.05, 0) is 55.0 Å². The molecule has 3 atom stereocenters. The van der Waals surface area contributed by atoms with Crippen molar-refractivity contribution < 1.29 is 28.6 Å². The van der Waals surface area contributed by atoms with Crippen LogP contribution in [-0.2, 0) is 31.9 Å². The van der Waals surface area contributed by atoms with Crippen molar-refractivity contribution >= 4 is 23.4 Å². The number of nitrogens with zero attached hydrogens (tertiary/aromatic N) is 1. The minimum Gasteiger partial charge on any atom is -0.490 e. The maximum atomic E-state index is 13.3. The highest BCUT2D eigenvalue weighted by atomic mass is 16.5. The van der Waals surface area contributed by atoms with Gasteiger partial charge < -0.3 is 29.7 Å². The van der Waals surface area contributed by atoms with Gasteiger partial charge in [-0.2, -0.15) is 0 Å². The Kier molecular flexibility index (Phi) is 7.43. The number of likely N-dealkylation sites (N-methyl/N-ethyl adjacent to an activating group) is 1. The van der Waals surface area contributed by atoms with E-state index >= 15 is 0 Å². The lowest BCUT2D eigenvalue weighted by Crippen LogP contribution is -2.54. The fourth-order valence-corrected chi connectivity index (χ4v) is 5.59. The van der Waals surface area contributed by atoms with E-state index in [1.54, 1.807) is 30.1 Å². The first-order valence-corrected chi connectivity index (χ1v) is 12.8. The number of benzene rings is 2. The molecule has 2 heterocycles. The molecule has 0 bridgehead atoms. The molecule has 196 valence electrons. The predicted octanol–water partition coefficient (Wildman–Crippen LogP) is 2.33. The lowest BCUT2D eigenvalue weighted by Gasteiger charge is -2.42. The summed E-state index contributed by atoms with van der Waals surface area (Å²) in [6.45, 7) is 0.191. The molecule has 9 heteroatoms. The van der Waals surface area contributed by atoms with Crippen LogP contribution in [0.4, 0.5) is 5.69 Å². The van der Waals surface area contributed by atoms with Crippen LogP contribution in [0, 0.1) is 0 Å². The van der Waals surface area contributed by atoms with E-state index in [0.29, 0.717) is 29.8 Å². The number of hydrogen-bond acceptors (Lipinski definition) is 6. The lowest BCUT2D eigenvalue weighted by molar-refractivity contribution is -0.134. The van der Waals surface area contributed by atoms with Gasteiger partial charge in [0.15, 0.2) is 0 Å². The number of methoxy groups -OCH3 is 1. The van der Waals surface area contributed by atoms with E-state index in [9.17, 15) is 14.4 Å². The van der Waals surface area contributed by atoms with Crippen LogP contribution in [0.3, 0.4) is 0 Å². The molecule has 0 unspecified atom stereocenters. The van der Waals surface area contributed by atoms with Gasteiger partial charge in [0.2, 0.25) is 11.8 Å². The van der Waals surface area contributed by atoms with Crippen molar-refractivity contribution in [1.29, 1.82) is 0 Å². The first kappa shape index (κ1) is 25.2. The van der Waals surface area contributed by atoms with Crippen LogP contribution < -0.4 is 15.4 Å². The molecule has 37 heavy (non-hydrogen) atoms. The van der Waals surface area contributed by atoms with E-state index in [1.807, 2.05) is 12.1 Å². The van der Waals surface area contributed by atoms with Gasteiger partial charge in [0.25, 0.3) is 5.91 Å². The van der Waals surface area contributed by atoms with Crippen LogP contribution >= 0.6 is 0 Å². The Hall–Kier alpha value is -3.43. The Morgan fingerprint density at radius 3 is 2.57 bits per heavy atom. The summed E-state index contributed by atoms with van der Waals surface area (Å²) in [4.78, 5) is 39.7. The lowest BCUT2D eigenvalue weighted by atomic mass is 9.94. The fourth-order valence-electron chi connectivity index (χ4n) is 5.59. The number of fused-ring (bicyclic) bond motifs is 3. The SMILES string of the molecule is COCC(=O)Nc1ccc2c(c1)C(=O)N(C)[C@H]1CC[C@@H](CC(=O)NC3Cc4ccccc4C3)O[C@H]1CO2. The summed E-state index contributed by atoms with van der Waals surface area (Å²) in [5.41, 5.74) is 3.48.